The molecule has 1 spiro atoms. The molecule has 4 aromatic heterocycles. The molecule has 0 bridgehead atoms. The third-order valence-corrected chi connectivity index (χ3v) is 17.8. The van der Waals surface area contributed by atoms with E-state index in [4.69, 9.17) is 9.97 Å². The van der Waals surface area contributed by atoms with Gasteiger partial charge in [-0.15, -0.1) is 0 Å². The average molecular weight is 1030 g/mol. The van der Waals surface area contributed by atoms with Crippen LogP contribution < -0.4 is 20.4 Å². The zero-order valence-electron chi connectivity index (χ0n) is 43.6. The van der Waals surface area contributed by atoms with Crippen molar-refractivity contribution >= 4 is 63.6 Å². The number of pyridine rings is 3. The zero-order valence-corrected chi connectivity index (χ0v) is 43.6. The van der Waals surface area contributed by atoms with Gasteiger partial charge in [0.2, 0.25) is 29.5 Å². The van der Waals surface area contributed by atoms with Crippen molar-refractivity contribution in [3.63, 3.8) is 0 Å². The number of carbonyl (C=O) groups is 5. The molecule has 10 heterocycles. The maximum absolute atomic E-state index is 15.3. The molecule has 5 saturated heterocycles. The number of likely N-dealkylation sites (tertiary alicyclic amines) is 3. The smallest absolute Gasteiger partial charge is 0.238 e. The minimum Gasteiger partial charge on any atom is -0.354 e. The molecule has 6 aliphatic heterocycles. The number of amides is 5. The summed E-state index contributed by atoms with van der Waals surface area (Å²) in [6.07, 6.45) is 14.9. The van der Waals surface area contributed by atoms with E-state index in [1.54, 1.807) is 24.8 Å². The second kappa shape index (κ2) is 20.6. The Labute approximate surface area is 442 Å². The normalized spacial score (nSPS) is 23.6. The molecule has 1 aromatic carbocycles. The first-order valence-electron chi connectivity index (χ1n) is 27.7. The molecule has 5 amide bonds. The van der Waals surface area contributed by atoms with Crippen LogP contribution in [0.4, 0.5) is 27.4 Å². The lowest BCUT2D eigenvalue weighted by Crippen LogP contribution is -2.58. The Balaban J connectivity index is 0.697. The molecule has 19 heteroatoms. The van der Waals surface area contributed by atoms with E-state index in [0.29, 0.717) is 102 Å². The van der Waals surface area contributed by atoms with Crippen molar-refractivity contribution in [1.29, 1.82) is 0 Å². The van der Waals surface area contributed by atoms with Gasteiger partial charge >= 0.3 is 0 Å². The molecule has 1 atom stereocenters. The highest BCUT2D eigenvalue weighted by Crippen LogP contribution is 2.52. The lowest BCUT2D eigenvalue weighted by molar-refractivity contribution is -0.143. The Hall–Kier alpha value is -6.86. The molecule has 6 fully saturated rings. The van der Waals surface area contributed by atoms with Gasteiger partial charge in [-0.1, -0.05) is 24.6 Å². The second-order valence-electron chi connectivity index (χ2n) is 22.5. The van der Waals surface area contributed by atoms with E-state index in [2.05, 4.69) is 72.2 Å². The summed E-state index contributed by atoms with van der Waals surface area (Å²) in [5.74, 6) is 0.106. The molecule has 5 aromatic rings. The SMILES string of the molecule is CC(C)n1cnc2cc(-c3ccc4c(c3)N(C3CC(N5CCCCC5)C3)C(=O)C43CCN(C(=O)C4CCN(C(=O)CN5CCN(c6ccc([C@H]7CCC(=O)NC7=O)cn6)CC5)CC4)CC3)nc(Nc3ccncc3F)c21. The number of rotatable bonds is 11. The summed E-state index contributed by atoms with van der Waals surface area (Å²) in [5, 5.41) is 5.66. The van der Waals surface area contributed by atoms with Crippen molar-refractivity contribution < 1.29 is 28.4 Å². The van der Waals surface area contributed by atoms with Crippen LogP contribution in [0.15, 0.2) is 67.4 Å². The summed E-state index contributed by atoms with van der Waals surface area (Å²) in [7, 11) is 0. The number of halogens is 1. The number of aromatic nitrogens is 5. The van der Waals surface area contributed by atoms with Crippen LogP contribution in [0.25, 0.3) is 22.3 Å². The number of piperazine rings is 1. The van der Waals surface area contributed by atoms with E-state index in [1.165, 1.54) is 25.5 Å². The highest BCUT2D eigenvalue weighted by atomic mass is 19.1. The summed E-state index contributed by atoms with van der Waals surface area (Å²) in [6.45, 7) is 11.6. The van der Waals surface area contributed by atoms with Gasteiger partial charge in [0, 0.05) is 106 Å². The van der Waals surface area contributed by atoms with E-state index in [1.807, 2.05) is 32.6 Å². The Morgan fingerprint density at radius 3 is 2.32 bits per heavy atom. The molecule has 18 nitrogen and oxygen atoms in total. The van der Waals surface area contributed by atoms with Gasteiger partial charge in [-0.2, -0.15) is 0 Å². The number of carbonyl (C=O) groups excluding carboxylic acids is 5. The van der Waals surface area contributed by atoms with Crippen LogP contribution in [0.3, 0.4) is 0 Å². The topological polar surface area (TPSA) is 185 Å². The summed E-state index contributed by atoms with van der Waals surface area (Å²) < 4.78 is 17.1. The van der Waals surface area contributed by atoms with Crippen LogP contribution in [0.1, 0.15) is 108 Å². The fourth-order valence-electron chi connectivity index (χ4n) is 13.2. The average Bonchev–Trinajstić information content (AvgIpc) is 3.98. The Morgan fingerprint density at radius 1 is 0.829 bits per heavy atom. The number of nitrogens with one attached hydrogen (secondary N) is 2. The number of imide groups is 1. The van der Waals surface area contributed by atoms with Crippen LogP contribution in [0.2, 0.25) is 0 Å². The Bertz CT molecular complexity index is 3040. The first-order valence-corrected chi connectivity index (χ1v) is 27.7. The molecular formula is C57H68FN13O5. The van der Waals surface area contributed by atoms with Gasteiger partial charge in [0.15, 0.2) is 11.6 Å². The second-order valence-corrected chi connectivity index (χ2v) is 22.5. The van der Waals surface area contributed by atoms with E-state index in [-0.39, 0.29) is 59.1 Å². The molecule has 12 rings (SSSR count). The zero-order chi connectivity index (χ0) is 52.2. The summed E-state index contributed by atoms with van der Waals surface area (Å²) in [5.41, 5.74) is 5.23. The first-order chi connectivity index (χ1) is 36.9. The van der Waals surface area contributed by atoms with Gasteiger partial charge in [-0.3, -0.25) is 39.2 Å². The predicted octanol–water partition coefficient (Wildman–Crippen LogP) is 6.16. The minimum absolute atomic E-state index is 0.0735. The number of nitrogens with zero attached hydrogens (tertiary/aromatic N) is 11. The molecule has 2 N–H and O–H groups in total. The van der Waals surface area contributed by atoms with Gasteiger partial charge < -0.3 is 34.4 Å². The molecule has 7 aliphatic rings. The Kier molecular flexibility index (Phi) is 13.5. The van der Waals surface area contributed by atoms with Crippen molar-refractivity contribution in [3.8, 4) is 11.3 Å². The number of anilines is 4. The van der Waals surface area contributed by atoms with Crippen LogP contribution in [0.5, 0.6) is 0 Å². The fourth-order valence-corrected chi connectivity index (χ4v) is 13.2. The van der Waals surface area contributed by atoms with Gasteiger partial charge in [-0.25, -0.2) is 19.3 Å². The quantitative estimate of drug-likeness (QED) is 0.144. The van der Waals surface area contributed by atoms with Gasteiger partial charge in [0.1, 0.15) is 11.3 Å². The van der Waals surface area contributed by atoms with E-state index < -0.39 is 11.2 Å². The number of hydrogen-bond acceptors (Lipinski definition) is 13. The molecule has 76 heavy (non-hydrogen) atoms. The monoisotopic (exact) mass is 1030 g/mol. The standard InChI is InChI=1S/C57H68FN13O5/c1-36(2)70-35-61-47-31-46(63-53(52(47)70)62-45-12-17-59-33-44(45)58)38-6-9-43-48(28-38)71(41-29-40(30-41)66-18-4-3-5-19-66)56(76)57(43)15-22-69(23-16-57)55(75)37-13-20-68(21-14-37)51(73)34-65-24-26-67(27-25-65)49-10-7-39(32-60-49)42-8-11-50(72)64-54(42)74/h6-7,9-10,12,17,28,31-33,35-37,40-42H,3-5,8,11,13-16,18-27,29-30,34H2,1-2H3,(H,59,62,63)(H,64,72,74)/t40?,41?,42-/m1/s1. The van der Waals surface area contributed by atoms with Crippen molar-refractivity contribution in [3.05, 3.63) is 84.3 Å². The molecule has 1 aliphatic carbocycles. The number of benzene rings is 1. The lowest BCUT2D eigenvalue weighted by Gasteiger charge is -2.48. The van der Waals surface area contributed by atoms with E-state index in [9.17, 15) is 19.2 Å². The molecule has 398 valence electrons. The summed E-state index contributed by atoms with van der Waals surface area (Å²) in [6, 6.07) is 14.3. The highest BCUT2D eigenvalue weighted by Gasteiger charge is 2.56. The largest absolute Gasteiger partial charge is 0.354 e. The summed E-state index contributed by atoms with van der Waals surface area (Å²) >= 11 is 0. The van der Waals surface area contributed by atoms with Gasteiger partial charge in [-0.05, 0) is 120 Å². The third-order valence-electron chi connectivity index (χ3n) is 17.8. The van der Waals surface area contributed by atoms with Crippen LogP contribution in [-0.4, -0.2) is 158 Å². The Morgan fingerprint density at radius 2 is 1.61 bits per heavy atom. The molecular weight excluding hydrogens is 966 g/mol. The van der Waals surface area contributed by atoms with Crippen LogP contribution in [0, 0.1) is 11.7 Å². The van der Waals surface area contributed by atoms with Gasteiger partial charge in [0.25, 0.3) is 0 Å². The number of piperidine rings is 4. The first kappa shape index (κ1) is 50.0. The van der Waals surface area contributed by atoms with Crippen LogP contribution >= 0.6 is 0 Å². The minimum atomic E-state index is -0.750. The molecule has 0 unspecified atom stereocenters. The van der Waals surface area contributed by atoms with E-state index >= 15 is 9.18 Å². The maximum Gasteiger partial charge on any atom is 0.238 e. The maximum atomic E-state index is 15.3. The highest BCUT2D eigenvalue weighted by molar-refractivity contribution is 6.09. The van der Waals surface area contributed by atoms with Crippen molar-refractivity contribution in [2.75, 3.05) is 87.1 Å². The molecule has 1 saturated carbocycles. The molecule has 0 radical (unpaired) electrons. The summed E-state index contributed by atoms with van der Waals surface area (Å²) in [4.78, 5) is 98.6. The fraction of sp³-hybridized carbons (Fsp3) is 0.526. The van der Waals surface area contributed by atoms with Gasteiger partial charge in [0.05, 0.1) is 47.3 Å². The predicted molar refractivity (Wildman–Crippen MR) is 285 cm³/mol. The van der Waals surface area contributed by atoms with Crippen molar-refractivity contribution in [2.24, 2.45) is 5.92 Å². The lowest BCUT2D eigenvalue weighted by atomic mass is 9.73. The number of fused-ring (bicyclic) bond motifs is 3. The van der Waals surface area contributed by atoms with Crippen molar-refractivity contribution in [2.45, 2.75) is 114 Å². The van der Waals surface area contributed by atoms with E-state index in [0.717, 1.165) is 78.2 Å². The number of hydrogen-bond donors (Lipinski definition) is 2. The van der Waals surface area contributed by atoms with Crippen molar-refractivity contribution in [1.82, 2.24) is 49.4 Å². The number of imidazole rings is 1. The third kappa shape index (κ3) is 9.36. The van der Waals surface area contributed by atoms with Crippen LogP contribution in [-0.2, 0) is 29.4 Å².